The number of alkyl halides is 3. The van der Waals surface area contributed by atoms with Gasteiger partial charge in [-0.15, -0.1) is 11.8 Å². The first-order chi connectivity index (χ1) is 12.9. The SMILES string of the molecule is O=C1CS[C@H](c2ccn(-c3ccc(C(F)(F)F)cc3)c2)N1Cc1ccco1. The fraction of sp³-hybridized carbons (Fsp3) is 0.211. The van der Waals surface area contributed by atoms with Gasteiger partial charge in [-0.1, -0.05) is 0 Å². The molecule has 0 N–H and O–H groups in total. The van der Waals surface area contributed by atoms with E-state index in [9.17, 15) is 18.0 Å². The van der Waals surface area contributed by atoms with E-state index >= 15 is 0 Å². The Hall–Kier alpha value is -2.61. The fourth-order valence-electron chi connectivity index (χ4n) is 3.01. The van der Waals surface area contributed by atoms with Crippen LogP contribution in [0.4, 0.5) is 13.2 Å². The third kappa shape index (κ3) is 3.62. The topological polar surface area (TPSA) is 38.4 Å². The average Bonchev–Trinajstić information content (AvgIpc) is 3.37. The second-order valence-electron chi connectivity index (χ2n) is 6.16. The summed E-state index contributed by atoms with van der Waals surface area (Å²) in [4.78, 5) is 14.0. The van der Waals surface area contributed by atoms with Crippen molar-refractivity contribution in [1.29, 1.82) is 0 Å². The zero-order valence-corrected chi connectivity index (χ0v) is 14.8. The summed E-state index contributed by atoms with van der Waals surface area (Å²) in [6, 6.07) is 10.5. The van der Waals surface area contributed by atoms with Crippen LogP contribution in [0.15, 0.2) is 65.5 Å². The van der Waals surface area contributed by atoms with Crippen molar-refractivity contribution in [2.24, 2.45) is 0 Å². The van der Waals surface area contributed by atoms with Crippen LogP contribution in [0.5, 0.6) is 0 Å². The number of carbonyl (C=O) groups is 1. The summed E-state index contributed by atoms with van der Waals surface area (Å²) in [7, 11) is 0. The van der Waals surface area contributed by atoms with Crippen LogP contribution < -0.4 is 0 Å². The molecule has 0 unspecified atom stereocenters. The number of furan rings is 1. The molecule has 0 bridgehead atoms. The van der Waals surface area contributed by atoms with Gasteiger partial charge >= 0.3 is 6.18 Å². The molecule has 1 aromatic carbocycles. The minimum absolute atomic E-state index is 0.0312. The van der Waals surface area contributed by atoms with Gasteiger partial charge < -0.3 is 13.9 Å². The van der Waals surface area contributed by atoms with Crippen LogP contribution >= 0.6 is 11.8 Å². The summed E-state index contributed by atoms with van der Waals surface area (Å²) in [5, 5.41) is -0.154. The Balaban J connectivity index is 1.55. The van der Waals surface area contributed by atoms with Gasteiger partial charge in [-0.2, -0.15) is 13.2 Å². The van der Waals surface area contributed by atoms with Gasteiger partial charge in [-0.3, -0.25) is 4.79 Å². The molecule has 0 radical (unpaired) electrons. The van der Waals surface area contributed by atoms with Crippen molar-refractivity contribution in [2.45, 2.75) is 18.1 Å². The standard InChI is InChI=1S/C19H15F3N2O2S/c20-19(21,22)14-3-5-15(6-4-14)23-8-7-13(10-23)18-24(17(25)12-27-18)11-16-2-1-9-26-16/h1-10,18H,11-12H2/t18-/m1/s1. The van der Waals surface area contributed by atoms with Gasteiger partial charge in [0.1, 0.15) is 11.1 Å². The Kier molecular flexibility index (Phi) is 4.51. The first kappa shape index (κ1) is 17.8. The van der Waals surface area contributed by atoms with Crippen molar-refractivity contribution < 1.29 is 22.4 Å². The normalized spacial score (nSPS) is 17.7. The molecule has 140 valence electrons. The van der Waals surface area contributed by atoms with E-state index in [2.05, 4.69) is 0 Å². The zero-order chi connectivity index (χ0) is 19.0. The molecule has 2 aromatic heterocycles. The first-order valence-electron chi connectivity index (χ1n) is 8.21. The summed E-state index contributed by atoms with van der Waals surface area (Å²) in [5.74, 6) is 1.12. The van der Waals surface area contributed by atoms with E-state index in [1.807, 2.05) is 18.3 Å². The number of benzene rings is 1. The summed E-state index contributed by atoms with van der Waals surface area (Å²) < 4.78 is 45.2. The number of amides is 1. The number of aromatic nitrogens is 1. The highest BCUT2D eigenvalue weighted by atomic mass is 32.2. The Morgan fingerprint density at radius 2 is 1.93 bits per heavy atom. The van der Waals surface area contributed by atoms with Gasteiger partial charge in [0.05, 0.1) is 24.1 Å². The van der Waals surface area contributed by atoms with Gasteiger partial charge in [-0.05, 0) is 42.5 Å². The third-order valence-electron chi connectivity index (χ3n) is 4.37. The highest BCUT2D eigenvalue weighted by Crippen LogP contribution is 2.40. The van der Waals surface area contributed by atoms with Gasteiger partial charge in [0.15, 0.2) is 0 Å². The molecule has 8 heteroatoms. The summed E-state index contributed by atoms with van der Waals surface area (Å²) in [5.41, 5.74) is 0.860. The number of hydrogen-bond acceptors (Lipinski definition) is 3. The molecule has 0 saturated carbocycles. The van der Waals surface area contributed by atoms with Crippen molar-refractivity contribution in [1.82, 2.24) is 9.47 Å². The first-order valence-corrected chi connectivity index (χ1v) is 9.26. The molecule has 4 rings (SSSR count). The highest BCUT2D eigenvalue weighted by Gasteiger charge is 2.34. The largest absolute Gasteiger partial charge is 0.467 e. The molecule has 1 saturated heterocycles. The van der Waals surface area contributed by atoms with E-state index in [1.165, 1.54) is 23.9 Å². The van der Waals surface area contributed by atoms with Crippen LogP contribution in [0.1, 0.15) is 22.3 Å². The molecule has 1 aliphatic heterocycles. The predicted molar refractivity (Wildman–Crippen MR) is 95.2 cm³/mol. The minimum Gasteiger partial charge on any atom is -0.467 e. The summed E-state index contributed by atoms with van der Waals surface area (Å²) in [6.45, 7) is 0.384. The van der Waals surface area contributed by atoms with Gasteiger partial charge in [0.2, 0.25) is 5.91 Å². The maximum Gasteiger partial charge on any atom is 0.416 e. The smallest absolute Gasteiger partial charge is 0.416 e. The molecular formula is C19H15F3N2O2S. The summed E-state index contributed by atoms with van der Waals surface area (Å²) >= 11 is 1.52. The molecule has 1 amide bonds. The Morgan fingerprint density at radius 1 is 1.15 bits per heavy atom. The van der Waals surface area contributed by atoms with E-state index in [-0.39, 0.29) is 11.3 Å². The lowest BCUT2D eigenvalue weighted by Crippen LogP contribution is -2.27. The number of nitrogens with zero attached hydrogens (tertiary/aromatic N) is 2. The quantitative estimate of drug-likeness (QED) is 0.636. The molecule has 0 aliphatic carbocycles. The van der Waals surface area contributed by atoms with Crippen LogP contribution in [0.25, 0.3) is 5.69 Å². The minimum atomic E-state index is -4.35. The molecule has 0 spiro atoms. The van der Waals surface area contributed by atoms with Gasteiger partial charge in [0.25, 0.3) is 0 Å². The maximum absolute atomic E-state index is 12.7. The highest BCUT2D eigenvalue weighted by molar-refractivity contribution is 8.00. The van der Waals surface area contributed by atoms with E-state index in [0.717, 1.165) is 17.7 Å². The lowest BCUT2D eigenvalue weighted by molar-refractivity contribution is -0.137. The monoisotopic (exact) mass is 392 g/mol. The lowest BCUT2D eigenvalue weighted by Gasteiger charge is -2.22. The van der Waals surface area contributed by atoms with E-state index in [1.54, 1.807) is 28.0 Å². The van der Waals surface area contributed by atoms with Gasteiger partial charge in [0, 0.05) is 23.6 Å². The number of halogens is 3. The van der Waals surface area contributed by atoms with Crippen LogP contribution in [-0.2, 0) is 17.5 Å². The van der Waals surface area contributed by atoms with Crippen molar-refractivity contribution in [2.75, 3.05) is 5.75 Å². The second-order valence-corrected chi connectivity index (χ2v) is 7.23. The molecule has 1 atom stereocenters. The molecule has 4 nitrogen and oxygen atoms in total. The molecule has 27 heavy (non-hydrogen) atoms. The Labute approximate surface area is 157 Å². The fourth-order valence-corrected chi connectivity index (χ4v) is 4.18. The number of rotatable bonds is 4. The zero-order valence-electron chi connectivity index (χ0n) is 14.0. The number of thioether (sulfide) groups is 1. The van der Waals surface area contributed by atoms with E-state index < -0.39 is 11.7 Å². The second kappa shape index (κ2) is 6.84. The van der Waals surface area contributed by atoms with Crippen LogP contribution in [0.3, 0.4) is 0 Å². The lowest BCUT2D eigenvalue weighted by atomic mass is 10.2. The Bertz CT molecular complexity index is 933. The van der Waals surface area contributed by atoms with Crippen molar-refractivity contribution in [3.05, 3.63) is 78.0 Å². The molecule has 3 aromatic rings. The van der Waals surface area contributed by atoms with Gasteiger partial charge in [-0.25, -0.2) is 0 Å². The van der Waals surface area contributed by atoms with Crippen molar-refractivity contribution in [3.8, 4) is 5.69 Å². The van der Waals surface area contributed by atoms with Crippen LogP contribution in [-0.4, -0.2) is 21.1 Å². The van der Waals surface area contributed by atoms with Crippen LogP contribution in [0.2, 0.25) is 0 Å². The van der Waals surface area contributed by atoms with Crippen LogP contribution in [0, 0.1) is 0 Å². The number of carbonyl (C=O) groups excluding carboxylic acids is 1. The number of hydrogen-bond donors (Lipinski definition) is 0. The maximum atomic E-state index is 12.7. The predicted octanol–water partition coefficient (Wildman–Crippen LogP) is 4.86. The molecule has 1 aliphatic rings. The van der Waals surface area contributed by atoms with E-state index in [0.29, 0.717) is 23.7 Å². The molecule has 3 heterocycles. The van der Waals surface area contributed by atoms with Crippen molar-refractivity contribution in [3.63, 3.8) is 0 Å². The van der Waals surface area contributed by atoms with E-state index in [4.69, 9.17) is 4.42 Å². The van der Waals surface area contributed by atoms with Crippen molar-refractivity contribution >= 4 is 17.7 Å². The molecular weight excluding hydrogens is 377 g/mol. The molecule has 1 fully saturated rings. The third-order valence-corrected chi connectivity index (χ3v) is 5.62. The summed E-state index contributed by atoms with van der Waals surface area (Å²) in [6.07, 6.45) is 0.840. The Morgan fingerprint density at radius 3 is 2.59 bits per heavy atom. The average molecular weight is 392 g/mol.